The van der Waals surface area contributed by atoms with E-state index in [1.807, 2.05) is 13.8 Å². The van der Waals surface area contributed by atoms with Crippen LogP contribution in [-0.2, 0) is 38.1 Å². The van der Waals surface area contributed by atoms with E-state index in [0.29, 0.717) is 0 Å². The van der Waals surface area contributed by atoms with Gasteiger partial charge in [-0.1, -0.05) is 51.3 Å². The Morgan fingerprint density at radius 2 is 1.74 bits per heavy atom. The molecule has 3 rings (SSSR count). The van der Waals surface area contributed by atoms with Crippen LogP contribution in [0.15, 0.2) is 30.3 Å². The minimum absolute atomic E-state index is 0. The first-order chi connectivity index (χ1) is 8.60. The second-order valence-corrected chi connectivity index (χ2v) is 5.10. The first kappa shape index (κ1) is 16.5. The van der Waals surface area contributed by atoms with Gasteiger partial charge in [0.1, 0.15) is 0 Å². The molecule has 19 heavy (non-hydrogen) atoms. The van der Waals surface area contributed by atoms with Crippen molar-refractivity contribution in [2.45, 2.75) is 40.0 Å². The Morgan fingerprint density at radius 3 is 2.42 bits per heavy atom. The van der Waals surface area contributed by atoms with Gasteiger partial charge in [0.2, 0.25) is 0 Å². The fourth-order valence-electron chi connectivity index (χ4n) is 2.57. The number of nitrogens with one attached hydrogen (secondary N) is 1. The number of para-hydroxylation sites is 1. The second-order valence-electron chi connectivity index (χ2n) is 5.10. The van der Waals surface area contributed by atoms with Crippen LogP contribution in [-0.4, -0.2) is 4.98 Å². The number of benzene rings is 1. The summed E-state index contributed by atoms with van der Waals surface area (Å²) in [6.07, 6.45) is 4.41. The smallest absolute Gasteiger partial charge is 0.0448 e. The average molecular weight is 329 g/mol. The van der Waals surface area contributed by atoms with Crippen LogP contribution in [0.25, 0.3) is 17.0 Å². The SMILES string of the molecule is CC.C[C-]1C=Cc2[nH]c3ccccc3c2C1(C)C.[Y]. The summed E-state index contributed by atoms with van der Waals surface area (Å²) in [5, 5.41) is 1.35. The van der Waals surface area contributed by atoms with Gasteiger partial charge < -0.3 is 4.98 Å². The molecule has 1 aliphatic rings. The zero-order valence-electron chi connectivity index (χ0n) is 12.5. The molecule has 0 unspecified atom stereocenters. The van der Waals surface area contributed by atoms with Gasteiger partial charge in [-0.25, -0.2) is 12.0 Å². The molecule has 1 heterocycles. The molecule has 99 valence electrons. The summed E-state index contributed by atoms with van der Waals surface area (Å²) >= 11 is 0. The topological polar surface area (TPSA) is 15.8 Å². The molecule has 0 spiro atoms. The number of aromatic amines is 1. The fourth-order valence-corrected chi connectivity index (χ4v) is 2.57. The van der Waals surface area contributed by atoms with E-state index in [2.05, 4.69) is 62.2 Å². The van der Waals surface area contributed by atoms with Gasteiger partial charge in [-0.3, -0.25) is 0 Å². The molecule has 1 radical (unpaired) electrons. The van der Waals surface area contributed by atoms with E-state index >= 15 is 0 Å². The van der Waals surface area contributed by atoms with Crippen molar-refractivity contribution in [2.75, 3.05) is 0 Å². The van der Waals surface area contributed by atoms with Crippen molar-refractivity contribution >= 4 is 17.0 Å². The largest absolute Gasteiger partial charge is 0.371 e. The maximum Gasteiger partial charge on any atom is 0.0448 e. The van der Waals surface area contributed by atoms with Crippen LogP contribution in [0.1, 0.15) is 45.9 Å². The van der Waals surface area contributed by atoms with E-state index in [1.54, 1.807) is 0 Å². The van der Waals surface area contributed by atoms with E-state index in [9.17, 15) is 0 Å². The first-order valence-electron chi connectivity index (χ1n) is 6.74. The van der Waals surface area contributed by atoms with Gasteiger partial charge in [0.25, 0.3) is 0 Å². The summed E-state index contributed by atoms with van der Waals surface area (Å²) in [5.74, 6) is 1.42. The minimum Gasteiger partial charge on any atom is -0.371 e. The predicted octanol–water partition coefficient (Wildman–Crippen LogP) is 5.09. The quantitative estimate of drug-likeness (QED) is 0.648. The summed E-state index contributed by atoms with van der Waals surface area (Å²) in [7, 11) is 0. The molecule has 1 nitrogen and oxygen atoms in total. The molecule has 0 saturated heterocycles. The van der Waals surface area contributed by atoms with Crippen LogP contribution in [0.5, 0.6) is 0 Å². The Kier molecular flexibility index (Phi) is 5.47. The number of rotatable bonds is 0. The predicted molar refractivity (Wildman–Crippen MR) is 80.6 cm³/mol. The fraction of sp³-hybridized carbons (Fsp3) is 0.353. The number of H-pyrrole nitrogens is 1. The molecule has 1 aromatic carbocycles. The Hall–Kier alpha value is -0.526. The van der Waals surface area contributed by atoms with Crippen molar-refractivity contribution in [3.8, 4) is 0 Å². The van der Waals surface area contributed by atoms with Crippen molar-refractivity contribution in [1.82, 2.24) is 4.98 Å². The van der Waals surface area contributed by atoms with Crippen LogP contribution in [0.4, 0.5) is 0 Å². The number of hydrogen-bond acceptors (Lipinski definition) is 0. The second kappa shape index (κ2) is 6.28. The number of aromatic nitrogens is 1. The molecule has 0 saturated carbocycles. The van der Waals surface area contributed by atoms with Crippen molar-refractivity contribution in [3.63, 3.8) is 0 Å². The van der Waals surface area contributed by atoms with E-state index < -0.39 is 0 Å². The molecule has 0 fully saturated rings. The van der Waals surface area contributed by atoms with Crippen molar-refractivity contribution in [3.05, 3.63) is 47.5 Å². The maximum atomic E-state index is 3.49. The van der Waals surface area contributed by atoms with Gasteiger partial charge in [-0.15, -0.1) is 6.92 Å². The maximum absolute atomic E-state index is 3.49. The zero-order valence-corrected chi connectivity index (χ0v) is 15.4. The summed E-state index contributed by atoms with van der Waals surface area (Å²) in [4.78, 5) is 3.49. The molecule has 1 N–H and O–H groups in total. The third kappa shape index (κ3) is 2.69. The normalized spacial score (nSPS) is 15.3. The molecule has 0 bridgehead atoms. The molecule has 0 amide bonds. The Morgan fingerprint density at radius 1 is 1.11 bits per heavy atom. The van der Waals surface area contributed by atoms with E-state index in [1.165, 1.54) is 28.1 Å². The number of hydrogen-bond donors (Lipinski definition) is 1. The van der Waals surface area contributed by atoms with E-state index in [-0.39, 0.29) is 38.1 Å². The summed E-state index contributed by atoms with van der Waals surface area (Å²) < 4.78 is 0. The Labute approximate surface area is 141 Å². The average Bonchev–Trinajstić information content (AvgIpc) is 2.76. The van der Waals surface area contributed by atoms with Crippen LogP contribution < -0.4 is 0 Å². The van der Waals surface area contributed by atoms with Crippen LogP contribution in [0.3, 0.4) is 0 Å². The molecule has 1 aliphatic carbocycles. The van der Waals surface area contributed by atoms with Gasteiger partial charge >= 0.3 is 0 Å². The number of fused-ring (bicyclic) bond motifs is 3. The standard InChI is InChI=1S/C15H16N.C2H6.Y/c1-10-8-9-13-14(15(10,2)3)11-6-4-5-7-12(11)16-13;1-2;/h4-9,16H,1-3H3;1-2H3;/q-1;;. The summed E-state index contributed by atoms with van der Waals surface area (Å²) in [6.45, 7) is 10.8. The van der Waals surface area contributed by atoms with Crippen molar-refractivity contribution < 1.29 is 32.7 Å². The van der Waals surface area contributed by atoms with Crippen molar-refractivity contribution in [1.29, 1.82) is 0 Å². The molecule has 2 heteroatoms. The minimum atomic E-state index is 0. The molecule has 1 aromatic heterocycles. The Balaban J connectivity index is 0.000000576. The van der Waals surface area contributed by atoms with Crippen LogP contribution in [0.2, 0.25) is 0 Å². The third-order valence-electron chi connectivity index (χ3n) is 3.85. The summed E-state index contributed by atoms with van der Waals surface area (Å²) in [5.41, 5.74) is 4.06. The Bertz CT molecular complexity index is 578. The monoisotopic (exact) mass is 329 g/mol. The van der Waals surface area contributed by atoms with Gasteiger partial charge in [-0.05, 0) is 17.3 Å². The van der Waals surface area contributed by atoms with Crippen molar-refractivity contribution in [2.24, 2.45) is 0 Å². The van der Waals surface area contributed by atoms with Gasteiger partial charge in [0.05, 0.1) is 0 Å². The summed E-state index contributed by atoms with van der Waals surface area (Å²) in [6, 6.07) is 8.55. The third-order valence-corrected chi connectivity index (χ3v) is 3.85. The zero-order chi connectivity index (χ0) is 13.3. The van der Waals surface area contributed by atoms with Crippen LogP contribution in [0, 0.1) is 5.92 Å². The molecule has 2 aromatic rings. The van der Waals surface area contributed by atoms with Gasteiger partial charge in [-0.2, -0.15) is 6.08 Å². The molecule has 0 atom stereocenters. The van der Waals surface area contributed by atoms with Gasteiger partial charge in [0.15, 0.2) is 0 Å². The van der Waals surface area contributed by atoms with E-state index in [4.69, 9.17) is 0 Å². The number of allylic oxidation sites excluding steroid dienone is 1. The molecular weight excluding hydrogens is 307 g/mol. The van der Waals surface area contributed by atoms with E-state index in [0.717, 1.165) is 0 Å². The first-order valence-corrected chi connectivity index (χ1v) is 6.74. The molecular formula is C17H22NY-. The van der Waals surface area contributed by atoms with Gasteiger partial charge in [0, 0.05) is 43.6 Å². The van der Waals surface area contributed by atoms with Crippen LogP contribution >= 0.6 is 0 Å². The molecule has 0 aliphatic heterocycles.